The molecule has 8 heteroatoms. The van der Waals surface area contributed by atoms with Crippen LogP contribution < -0.4 is 5.43 Å². The minimum absolute atomic E-state index is 0.206. The summed E-state index contributed by atoms with van der Waals surface area (Å²) in [7, 11) is -3.51. The van der Waals surface area contributed by atoms with E-state index in [4.69, 9.17) is 4.74 Å². The normalized spacial score (nSPS) is 14.8. The number of carbonyl (C=O) groups excluding carboxylic acids is 1. The van der Waals surface area contributed by atoms with E-state index in [2.05, 4.69) is 22.7 Å². The second kappa shape index (κ2) is 11.2. The fourth-order valence-electron chi connectivity index (χ4n) is 3.65. The lowest BCUT2D eigenvalue weighted by Crippen LogP contribution is -2.40. The van der Waals surface area contributed by atoms with Gasteiger partial charge in [-0.25, -0.2) is 13.8 Å². The van der Waals surface area contributed by atoms with Crippen molar-refractivity contribution >= 4 is 22.1 Å². The molecule has 1 heterocycles. The summed E-state index contributed by atoms with van der Waals surface area (Å²) in [5.74, 6) is -0.206. The SMILES string of the molecule is O=C(CCc1ccc(S(=O)(=O)N2CCOCC2)cc1)N/N=C\c1ccc(-c2ccccc2)cc1. The number of amides is 1. The molecule has 1 aliphatic rings. The van der Waals surface area contributed by atoms with Crippen molar-refractivity contribution < 1.29 is 17.9 Å². The third-order valence-electron chi connectivity index (χ3n) is 5.59. The Kier molecular flexibility index (Phi) is 7.84. The average Bonchev–Trinajstić information content (AvgIpc) is 2.89. The van der Waals surface area contributed by atoms with E-state index in [1.54, 1.807) is 30.5 Å². The van der Waals surface area contributed by atoms with Gasteiger partial charge in [0.15, 0.2) is 0 Å². The number of ether oxygens (including phenoxy) is 1. The van der Waals surface area contributed by atoms with Gasteiger partial charge in [-0.15, -0.1) is 0 Å². The number of nitrogens with zero attached hydrogens (tertiary/aromatic N) is 2. The van der Waals surface area contributed by atoms with Crippen molar-refractivity contribution in [2.24, 2.45) is 5.10 Å². The van der Waals surface area contributed by atoms with Gasteiger partial charge in [0.25, 0.3) is 0 Å². The number of morpholine rings is 1. The maximum Gasteiger partial charge on any atom is 0.243 e. The van der Waals surface area contributed by atoms with Crippen molar-refractivity contribution in [3.63, 3.8) is 0 Å². The number of benzene rings is 3. The van der Waals surface area contributed by atoms with Crippen LogP contribution in [-0.4, -0.2) is 51.1 Å². The molecule has 4 rings (SSSR count). The van der Waals surface area contributed by atoms with Crippen LogP contribution in [0.5, 0.6) is 0 Å². The van der Waals surface area contributed by atoms with E-state index < -0.39 is 10.0 Å². The molecule has 34 heavy (non-hydrogen) atoms. The topological polar surface area (TPSA) is 88.1 Å². The van der Waals surface area contributed by atoms with Gasteiger partial charge >= 0.3 is 0 Å². The lowest BCUT2D eigenvalue weighted by atomic mass is 10.0. The summed E-state index contributed by atoms with van der Waals surface area (Å²) in [6.45, 7) is 1.55. The Hall–Kier alpha value is -3.33. The molecular formula is C26H27N3O4S. The summed E-state index contributed by atoms with van der Waals surface area (Å²) in [4.78, 5) is 12.4. The lowest BCUT2D eigenvalue weighted by Gasteiger charge is -2.26. The van der Waals surface area contributed by atoms with E-state index in [0.29, 0.717) is 32.7 Å². The molecule has 3 aromatic rings. The largest absolute Gasteiger partial charge is 0.379 e. The quantitative estimate of drug-likeness (QED) is 0.398. The molecule has 0 aliphatic carbocycles. The molecule has 176 valence electrons. The molecule has 1 N–H and O–H groups in total. The summed E-state index contributed by atoms with van der Waals surface area (Å²) < 4.78 is 32.0. The van der Waals surface area contributed by atoms with Crippen LogP contribution in [0.25, 0.3) is 11.1 Å². The monoisotopic (exact) mass is 477 g/mol. The van der Waals surface area contributed by atoms with Crippen LogP contribution in [-0.2, 0) is 26.0 Å². The average molecular weight is 478 g/mol. The van der Waals surface area contributed by atoms with Gasteiger partial charge in [0.05, 0.1) is 24.3 Å². The van der Waals surface area contributed by atoms with Gasteiger partial charge < -0.3 is 4.74 Å². The van der Waals surface area contributed by atoms with Crippen molar-refractivity contribution in [2.75, 3.05) is 26.3 Å². The van der Waals surface area contributed by atoms with Crippen LogP contribution in [0.1, 0.15) is 17.5 Å². The molecular weight excluding hydrogens is 450 g/mol. The van der Waals surface area contributed by atoms with Crippen molar-refractivity contribution in [2.45, 2.75) is 17.7 Å². The summed E-state index contributed by atoms with van der Waals surface area (Å²) in [5.41, 5.74) is 6.58. The molecule has 0 unspecified atom stereocenters. The minimum Gasteiger partial charge on any atom is -0.379 e. The highest BCUT2D eigenvalue weighted by molar-refractivity contribution is 7.89. The lowest BCUT2D eigenvalue weighted by molar-refractivity contribution is -0.121. The van der Waals surface area contributed by atoms with Crippen LogP contribution in [0, 0.1) is 0 Å². The van der Waals surface area contributed by atoms with Crippen LogP contribution >= 0.6 is 0 Å². The summed E-state index contributed by atoms with van der Waals surface area (Å²) in [5, 5.41) is 4.03. The highest BCUT2D eigenvalue weighted by atomic mass is 32.2. The Morgan fingerprint density at radius 1 is 0.912 bits per heavy atom. The smallest absolute Gasteiger partial charge is 0.243 e. The number of rotatable bonds is 8. The maximum atomic E-state index is 12.7. The van der Waals surface area contributed by atoms with Crippen molar-refractivity contribution in [1.29, 1.82) is 0 Å². The molecule has 0 atom stereocenters. The number of hydrazone groups is 1. The maximum absolute atomic E-state index is 12.7. The van der Waals surface area contributed by atoms with Crippen LogP contribution in [0.2, 0.25) is 0 Å². The Labute approximate surface area is 200 Å². The molecule has 0 saturated carbocycles. The second-order valence-corrected chi connectivity index (χ2v) is 9.88. The van der Waals surface area contributed by atoms with Gasteiger partial charge in [-0.05, 0) is 40.8 Å². The molecule has 0 radical (unpaired) electrons. The van der Waals surface area contributed by atoms with Crippen LogP contribution in [0.3, 0.4) is 0 Å². The third kappa shape index (κ3) is 6.17. The van der Waals surface area contributed by atoms with Gasteiger partial charge in [-0.3, -0.25) is 4.79 Å². The molecule has 1 amide bonds. The van der Waals surface area contributed by atoms with Gasteiger partial charge in [-0.2, -0.15) is 9.41 Å². The molecule has 1 saturated heterocycles. The van der Waals surface area contributed by atoms with E-state index in [1.807, 2.05) is 42.5 Å². The molecule has 1 fully saturated rings. The Bertz CT molecular complexity index is 1220. The Balaban J connectivity index is 1.25. The van der Waals surface area contributed by atoms with Crippen LogP contribution in [0.4, 0.5) is 0 Å². The van der Waals surface area contributed by atoms with Crippen molar-refractivity contribution in [1.82, 2.24) is 9.73 Å². The third-order valence-corrected chi connectivity index (χ3v) is 7.51. The first-order valence-corrected chi connectivity index (χ1v) is 12.6. The van der Waals surface area contributed by atoms with E-state index in [0.717, 1.165) is 22.3 Å². The standard InChI is InChI=1S/C26H27N3O4S/c30-26(28-27-20-22-6-11-24(12-7-22)23-4-2-1-3-5-23)15-10-21-8-13-25(14-9-21)34(31,32)29-16-18-33-19-17-29/h1-9,11-14,20H,10,15-19H2,(H,28,30)/b27-20-. The van der Waals surface area contributed by atoms with E-state index in [9.17, 15) is 13.2 Å². The van der Waals surface area contributed by atoms with Crippen molar-refractivity contribution in [3.05, 3.63) is 90.0 Å². The summed E-state index contributed by atoms with van der Waals surface area (Å²) in [6, 6.07) is 24.7. The predicted octanol–water partition coefficient (Wildman–Crippen LogP) is 3.46. The first-order valence-electron chi connectivity index (χ1n) is 11.2. The fraction of sp³-hybridized carbons (Fsp3) is 0.231. The van der Waals surface area contributed by atoms with Gasteiger partial charge in [0.1, 0.15) is 0 Å². The molecule has 3 aromatic carbocycles. The first kappa shape index (κ1) is 23.8. The number of sulfonamides is 1. The molecule has 7 nitrogen and oxygen atoms in total. The molecule has 0 aromatic heterocycles. The molecule has 0 spiro atoms. The molecule has 1 aliphatic heterocycles. The zero-order valence-corrected chi connectivity index (χ0v) is 19.6. The van der Waals surface area contributed by atoms with E-state index in [1.165, 1.54) is 4.31 Å². The number of hydrogen-bond donors (Lipinski definition) is 1. The minimum atomic E-state index is -3.51. The van der Waals surface area contributed by atoms with Gasteiger partial charge in [0.2, 0.25) is 15.9 Å². The number of aryl methyl sites for hydroxylation is 1. The summed E-state index contributed by atoms with van der Waals surface area (Å²) >= 11 is 0. The Morgan fingerprint density at radius 3 is 2.24 bits per heavy atom. The number of carbonyl (C=O) groups is 1. The van der Waals surface area contributed by atoms with Crippen LogP contribution in [0.15, 0.2) is 88.9 Å². The predicted molar refractivity (Wildman–Crippen MR) is 132 cm³/mol. The first-order chi connectivity index (χ1) is 16.5. The molecule has 0 bridgehead atoms. The second-order valence-electron chi connectivity index (χ2n) is 7.94. The van der Waals surface area contributed by atoms with E-state index in [-0.39, 0.29) is 17.2 Å². The summed E-state index contributed by atoms with van der Waals surface area (Å²) in [6.07, 6.45) is 2.35. The zero-order chi connectivity index (χ0) is 23.8. The highest BCUT2D eigenvalue weighted by Crippen LogP contribution is 2.19. The Morgan fingerprint density at radius 2 is 1.56 bits per heavy atom. The highest BCUT2D eigenvalue weighted by Gasteiger charge is 2.26. The number of nitrogens with one attached hydrogen (secondary N) is 1. The van der Waals surface area contributed by atoms with E-state index >= 15 is 0 Å². The van der Waals surface area contributed by atoms with Gasteiger partial charge in [-0.1, -0.05) is 66.7 Å². The van der Waals surface area contributed by atoms with Crippen molar-refractivity contribution in [3.8, 4) is 11.1 Å². The number of hydrogen-bond acceptors (Lipinski definition) is 5. The van der Waals surface area contributed by atoms with Gasteiger partial charge in [0, 0.05) is 19.5 Å². The fourth-order valence-corrected chi connectivity index (χ4v) is 5.06. The zero-order valence-electron chi connectivity index (χ0n) is 18.8.